The molecule has 0 bridgehead atoms. The molecule has 2 heterocycles. The van der Waals surface area contributed by atoms with Crippen LogP contribution in [0.4, 0.5) is 5.69 Å². The van der Waals surface area contributed by atoms with Gasteiger partial charge in [0, 0.05) is 7.05 Å². The predicted molar refractivity (Wildman–Crippen MR) is 111 cm³/mol. The molecule has 0 spiro atoms. The van der Waals surface area contributed by atoms with E-state index < -0.39 is 10.0 Å². The van der Waals surface area contributed by atoms with E-state index in [9.17, 15) is 8.42 Å². The number of rotatable bonds is 5. The minimum atomic E-state index is -3.63. The summed E-state index contributed by atoms with van der Waals surface area (Å²) in [5.41, 5.74) is 1.55. The zero-order valence-corrected chi connectivity index (χ0v) is 16.9. The summed E-state index contributed by atoms with van der Waals surface area (Å²) in [7, 11) is -2.10. The molecular weight excluding hydrogens is 394 g/mol. The third-order valence-electron chi connectivity index (χ3n) is 4.32. The van der Waals surface area contributed by atoms with Gasteiger partial charge < -0.3 is 4.74 Å². The SMILES string of the molecule is Cc1ccc(S(=O)(=O)N(C)c2ccc(Oc3ncnc4sccc34)cc2)cc1. The normalized spacial score (nSPS) is 11.5. The number of hydrogen-bond acceptors (Lipinski definition) is 6. The van der Waals surface area contributed by atoms with Crippen molar-refractivity contribution in [3.63, 3.8) is 0 Å². The molecule has 4 rings (SSSR count). The first-order valence-electron chi connectivity index (χ1n) is 8.47. The first-order valence-corrected chi connectivity index (χ1v) is 10.8. The van der Waals surface area contributed by atoms with Crippen LogP contribution in [0.25, 0.3) is 10.2 Å². The zero-order chi connectivity index (χ0) is 19.7. The van der Waals surface area contributed by atoms with E-state index in [2.05, 4.69) is 9.97 Å². The summed E-state index contributed by atoms with van der Waals surface area (Å²) in [6.07, 6.45) is 1.46. The summed E-state index contributed by atoms with van der Waals surface area (Å²) in [5.74, 6) is 1.04. The van der Waals surface area contributed by atoms with Crippen LogP contribution in [0.5, 0.6) is 11.6 Å². The predicted octanol–water partition coefficient (Wildman–Crippen LogP) is 4.62. The van der Waals surface area contributed by atoms with Gasteiger partial charge in [-0.3, -0.25) is 4.31 Å². The van der Waals surface area contributed by atoms with Gasteiger partial charge in [-0.1, -0.05) is 17.7 Å². The molecule has 0 aliphatic carbocycles. The van der Waals surface area contributed by atoms with Crippen LogP contribution in [0.1, 0.15) is 5.56 Å². The number of benzene rings is 2. The van der Waals surface area contributed by atoms with Crippen molar-refractivity contribution >= 4 is 37.3 Å². The number of thiophene rings is 1. The maximum atomic E-state index is 12.8. The zero-order valence-electron chi connectivity index (χ0n) is 15.2. The van der Waals surface area contributed by atoms with Gasteiger partial charge >= 0.3 is 0 Å². The van der Waals surface area contributed by atoms with Crippen molar-refractivity contribution in [1.82, 2.24) is 9.97 Å². The number of nitrogens with zero attached hydrogens (tertiary/aromatic N) is 3. The Morgan fingerprint density at radius 1 is 0.964 bits per heavy atom. The second-order valence-corrected chi connectivity index (χ2v) is 9.06. The van der Waals surface area contributed by atoms with Gasteiger partial charge in [0.05, 0.1) is 16.0 Å². The fourth-order valence-corrected chi connectivity index (χ4v) is 4.61. The average molecular weight is 412 g/mol. The third kappa shape index (κ3) is 3.44. The molecular formula is C20H17N3O3S2. The Hall–Kier alpha value is -2.97. The quantitative estimate of drug-likeness (QED) is 0.479. The first kappa shape index (κ1) is 18.4. The Morgan fingerprint density at radius 3 is 2.39 bits per heavy atom. The van der Waals surface area contributed by atoms with E-state index in [1.165, 1.54) is 29.0 Å². The van der Waals surface area contributed by atoms with Crippen LogP contribution in [0.3, 0.4) is 0 Å². The Bertz CT molecular complexity index is 1220. The van der Waals surface area contributed by atoms with Gasteiger partial charge in [-0.05, 0) is 54.8 Å². The molecule has 0 saturated heterocycles. The first-order chi connectivity index (χ1) is 13.4. The second kappa shape index (κ2) is 7.21. The van der Waals surface area contributed by atoms with E-state index in [0.29, 0.717) is 17.3 Å². The third-order valence-corrected chi connectivity index (χ3v) is 6.94. The molecule has 0 atom stereocenters. The lowest BCUT2D eigenvalue weighted by Crippen LogP contribution is -2.26. The van der Waals surface area contributed by atoms with E-state index in [0.717, 1.165) is 15.8 Å². The maximum Gasteiger partial charge on any atom is 0.264 e. The standard InChI is InChI=1S/C20H17N3O3S2/c1-14-3-9-17(10-4-14)28(24,25)23(2)15-5-7-16(8-6-15)26-19-18-11-12-27-20(18)22-13-21-19/h3-13H,1-2H3. The maximum absolute atomic E-state index is 12.8. The van der Waals surface area contributed by atoms with Gasteiger partial charge in [-0.15, -0.1) is 11.3 Å². The van der Waals surface area contributed by atoms with Crippen LogP contribution in [-0.4, -0.2) is 25.4 Å². The van der Waals surface area contributed by atoms with Gasteiger partial charge in [0.2, 0.25) is 5.88 Å². The molecule has 2 aromatic carbocycles. The van der Waals surface area contributed by atoms with Crippen molar-refractivity contribution in [3.05, 3.63) is 71.9 Å². The number of aromatic nitrogens is 2. The fraction of sp³-hybridized carbons (Fsp3) is 0.100. The molecule has 0 amide bonds. The summed E-state index contributed by atoms with van der Waals surface area (Å²) in [6, 6.07) is 15.5. The molecule has 4 aromatic rings. The topological polar surface area (TPSA) is 72.4 Å². The molecule has 0 aliphatic heterocycles. The van der Waals surface area contributed by atoms with Crippen molar-refractivity contribution in [2.24, 2.45) is 0 Å². The summed E-state index contributed by atoms with van der Waals surface area (Å²) < 4.78 is 32.7. The molecule has 2 aromatic heterocycles. The lowest BCUT2D eigenvalue weighted by atomic mass is 10.2. The Kier molecular flexibility index (Phi) is 4.74. The van der Waals surface area contributed by atoms with Crippen molar-refractivity contribution < 1.29 is 13.2 Å². The summed E-state index contributed by atoms with van der Waals surface area (Å²) in [4.78, 5) is 9.49. The fourth-order valence-electron chi connectivity index (χ4n) is 2.69. The Labute approximate surface area is 167 Å². The second-order valence-electron chi connectivity index (χ2n) is 6.20. The van der Waals surface area contributed by atoms with E-state index in [1.807, 2.05) is 18.4 Å². The molecule has 28 heavy (non-hydrogen) atoms. The minimum Gasteiger partial charge on any atom is -0.438 e. The molecule has 0 saturated carbocycles. The molecule has 0 unspecified atom stereocenters. The molecule has 8 heteroatoms. The summed E-state index contributed by atoms with van der Waals surface area (Å²) in [5, 5.41) is 2.77. The van der Waals surface area contributed by atoms with Crippen molar-refractivity contribution in [3.8, 4) is 11.6 Å². The Balaban J connectivity index is 1.57. The van der Waals surface area contributed by atoms with Gasteiger partial charge in [0.25, 0.3) is 10.0 Å². The molecule has 142 valence electrons. The van der Waals surface area contributed by atoms with Crippen molar-refractivity contribution in [1.29, 1.82) is 0 Å². The summed E-state index contributed by atoms with van der Waals surface area (Å²) in [6.45, 7) is 1.92. The van der Waals surface area contributed by atoms with Gasteiger partial charge in [-0.25, -0.2) is 18.4 Å². The highest BCUT2D eigenvalue weighted by atomic mass is 32.2. The summed E-state index contributed by atoms with van der Waals surface area (Å²) >= 11 is 1.52. The molecule has 0 fully saturated rings. The molecule has 0 aliphatic rings. The van der Waals surface area contributed by atoms with Crippen LogP contribution in [-0.2, 0) is 10.0 Å². The lowest BCUT2D eigenvalue weighted by Gasteiger charge is -2.20. The number of anilines is 1. The largest absolute Gasteiger partial charge is 0.438 e. The number of hydrogen-bond donors (Lipinski definition) is 0. The molecule has 6 nitrogen and oxygen atoms in total. The van der Waals surface area contributed by atoms with Crippen LogP contribution in [0, 0.1) is 6.92 Å². The van der Waals surface area contributed by atoms with E-state index >= 15 is 0 Å². The van der Waals surface area contributed by atoms with Crippen LogP contribution in [0.2, 0.25) is 0 Å². The highest BCUT2D eigenvalue weighted by molar-refractivity contribution is 7.92. The Morgan fingerprint density at radius 2 is 1.68 bits per heavy atom. The van der Waals surface area contributed by atoms with Gasteiger partial charge in [-0.2, -0.15) is 0 Å². The minimum absolute atomic E-state index is 0.252. The number of ether oxygens (including phenoxy) is 1. The lowest BCUT2D eigenvalue weighted by molar-refractivity contribution is 0.468. The number of aryl methyl sites for hydroxylation is 1. The highest BCUT2D eigenvalue weighted by Gasteiger charge is 2.21. The molecule has 0 N–H and O–H groups in total. The monoisotopic (exact) mass is 411 g/mol. The van der Waals surface area contributed by atoms with Crippen LogP contribution >= 0.6 is 11.3 Å². The van der Waals surface area contributed by atoms with Crippen molar-refractivity contribution in [2.75, 3.05) is 11.4 Å². The average Bonchev–Trinajstić information content (AvgIpc) is 3.18. The highest BCUT2D eigenvalue weighted by Crippen LogP contribution is 2.31. The smallest absolute Gasteiger partial charge is 0.264 e. The van der Waals surface area contributed by atoms with E-state index in [4.69, 9.17) is 4.74 Å². The van der Waals surface area contributed by atoms with E-state index in [-0.39, 0.29) is 4.90 Å². The van der Waals surface area contributed by atoms with Gasteiger partial charge in [0.1, 0.15) is 16.9 Å². The van der Waals surface area contributed by atoms with E-state index in [1.54, 1.807) is 48.5 Å². The van der Waals surface area contributed by atoms with Crippen molar-refractivity contribution in [2.45, 2.75) is 11.8 Å². The van der Waals surface area contributed by atoms with Crippen LogP contribution in [0.15, 0.2) is 71.2 Å². The van der Waals surface area contributed by atoms with Gasteiger partial charge in [0.15, 0.2) is 0 Å². The number of fused-ring (bicyclic) bond motifs is 1. The number of sulfonamides is 1. The molecule has 0 radical (unpaired) electrons. The van der Waals surface area contributed by atoms with Crippen LogP contribution < -0.4 is 9.04 Å².